The third-order valence-corrected chi connectivity index (χ3v) is 2.06. The molecule has 3 N–H and O–H groups in total. The molecule has 0 aromatic heterocycles. The molecule has 1 aromatic rings. The van der Waals surface area contributed by atoms with Crippen LogP contribution in [0.15, 0.2) is 29.4 Å². The van der Waals surface area contributed by atoms with Crippen molar-refractivity contribution in [3.8, 4) is 5.75 Å². The largest absolute Gasteiger partial charge is 0.497 e. The normalized spacial score (nSPS) is 11.0. The van der Waals surface area contributed by atoms with E-state index in [1.807, 2.05) is 31.2 Å². The first kappa shape index (κ1) is 12.0. The molecule has 5 heteroatoms. The van der Waals surface area contributed by atoms with E-state index in [1.54, 1.807) is 7.11 Å². The summed E-state index contributed by atoms with van der Waals surface area (Å²) < 4.78 is 5.05. The molecule has 1 rings (SSSR count). The number of rotatable bonds is 4. The second-order valence-corrected chi connectivity index (χ2v) is 3.12. The lowest BCUT2D eigenvalue weighted by Gasteiger charge is -2.05. The van der Waals surface area contributed by atoms with Gasteiger partial charge in [-0.3, -0.25) is 0 Å². The molecule has 0 aliphatic carbocycles. The summed E-state index contributed by atoms with van der Waals surface area (Å²) in [7, 11) is 1.61. The summed E-state index contributed by atoms with van der Waals surface area (Å²) in [5.74, 6) is 0.780. The Kier molecular flexibility index (Phi) is 4.32. The molecule has 0 aliphatic rings. The fourth-order valence-corrected chi connectivity index (χ4v) is 1.25. The van der Waals surface area contributed by atoms with E-state index >= 15 is 0 Å². The maximum Gasteiger partial charge on any atom is 0.332 e. The minimum Gasteiger partial charge on any atom is -0.497 e. The highest BCUT2D eigenvalue weighted by Crippen LogP contribution is 2.12. The van der Waals surface area contributed by atoms with E-state index in [0.29, 0.717) is 6.42 Å². The zero-order chi connectivity index (χ0) is 12.0. The van der Waals surface area contributed by atoms with Crippen molar-refractivity contribution < 1.29 is 9.53 Å². The molecule has 0 spiro atoms. The predicted octanol–water partition coefficient (Wildman–Crippen LogP) is 1.48. The van der Waals surface area contributed by atoms with Crippen molar-refractivity contribution in [3.63, 3.8) is 0 Å². The van der Waals surface area contributed by atoms with Crippen LogP contribution in [0, 0.1) is 0 Å². The zero-order valence-corrected chi connectivity index (χ0v) is 9.36. The predicted molar refractivity (Wildman–Crippen MR) is 62.5 cm³/mol. The molecule has 0 saturated carbocycles. The molecular weight excluding hydrogens is 206 g/mol. The Morgan fingerprint density at radius 1 is 1.44 bits per heavy atom. The Balaban J connectivity index is 2.86. The first-order valence-corrected chi connectivity index (χ1v) is 4.93. The summed E-state index contributed by atoms with van der Waals surface area (Å²) in [6.45, 7) is 1.95. The first-order chi connectivity index (χ1) is 7.67. The van der Waals surface area contributed by atoms with Gasteiger partial charge in [-0.2, -0.15) is 5.10 Å². The minimum atomic E-state index is -0.667. The van der Waals surface area contributed by atoms with Gasteiger partial charge < -0.3 is 10.5 Å². The molecule has 0 atom stereocenters. The fourth-order valence-electron chi connectivity index (χ4n) is 1.25. The number of carbonyl (C=O) groups excluding carboxylic acids is 1. The number of hydrogen-bond donors (Lipinski definition) is 2. The number of nitrogens with one attached hydrogen (secondary N) is 1. The summed E-state index contributed by atoms with van der Waals surface area (Å²) in [4.78, 5) is 10.5. The Morgan fingerprint density at radius 2 is 2.06 bits per heavy atom. The number of amides is 2. The number of ether oxygens (including phenoxy) is 1. The standard InChI is InChI=1S/C11H15N3O2/c1-3-10(13-14-11(12)15)8-4-6-9(16-2)7-5-8/h4-7H,3H2,1-2H3,(H3,12,14,15). The molecule has 0 bridgehead atoms. The monoisotopic (exact) mass is 221 g/mol. The van der Waals surface area contributed by atoms with Crippen molar-refractivity contribution in [2.75, 3.05) is 7.11 Å². The number of methoxy groups -OCH3 is 1. The average Bonchev–Trinajstić information content (AvgIpc) is 2.30. The third kappa shape index (κ3) is 3.27. The van der Waals surface area contributed by atoms with Crippen LogP contribution in [-0.2, 0) is 0 Å². The number of nitrogens with two attached hydrogens (primary N) is 1. The van der Waals surface area contributed by atoms with Gasteiger partial charge in [0.05, 0.1) is 12.8 Å². The van der Waals surface area contributed by atoms with E-state index in [0.717, 1.165) is 17.0 Å². The number of primary amides is 1. The molecule has 5 nitrogen and oxygen atoms in total. The van der Waals surface area contributed by atoms with E-state index in [1.165, 1.54) is 0 Å². The van der Waals surface area contributed by atoms with Crippen LogP contribution in [0.2, 0.25) is 0 Å². The third-order valence-electron chi connectivity index (χ3n) is 2.06. The van der Waals surface area contributed by atoms with Crippen LogP contribution in [0.4, 0.5) is 4.79 Å². The number of nitrogens with zero attached hydrogens (tertiary/aromatic N) is 1. The Hall–Kier alpha value is -2.04. The molecule has 0 unspecified atom stereocenters. The van der Waals surface area contributed by atoms with Crippen LogP contribution < -0.4 is 15.9 Å². The molecule has 0 saturated heterocycles. The lowest BCUT2D eigenvalue weighted by atomic mass is 10.1. The number of urea groups is 1. The molecule has 2 amide bonds. The number of carbonyl (C=O) groups is 1. The highest BCUT2D eigenvalue weighted by Gasteiger charge is 2.02. The minimum absolute atomic E-state index is 0.667. The van der Waals surface area contributed by atoms with Crippen molar-refractivity contribution in [1.82, 2.24) is 5.43 Å². The summed E-state index contributed by atoms with van der Waals surface area (Å²) in [5.41, 5.74) is 8.85. The van der Waals surface area contributed by atoms with E-state index < -0.39 is 6.03 Å². The van der Waals surface area contributed by atoms with Gasteiger partial charge in [-0.15, -0.1) is 0 Å². The van der Waals surface area contributed by atoms with Gasteiger partial charge in [-0.25, -0.2) is 10.2 Å². The summed E-state index contributed by atoms with van der Waals surface area (Å²) in [6, 6.07) is 6.77. The van der Waals surface area contributed by atoms with Crippen molar-refractivity contribution >= 4 is 11.7 Å². The Labute approximate surface area is 94.3 Å². The maximum absolute atomic E-state index is 10.5. The first-order valence-electron chi connectivity index (χ1n) is 4.93. The maximum atomic E-state index is 10.5. The molecule has 0 aliphatic heterocycles. The number of hydrazone groups is 1. The van der Waals surface area contributed by atoms with Crippen molar-refractivity contribution in [2.24, 2.45) is 10.8 Å². The topological polar surface area (TPSA) is 76.7 Å². The fraction of sp³-hybridized carbons (Fsp3) is 0.273. The number of benzene rings is 1. The molecule has 0 radical (unpaired) electrons. The second-order valence-electron chi connectivity index (χ2n) is 3.12. The summed E-state index contributed by atoms with van der Waals surface area (Å²) in [5, 5.41) is 3.92. The van der Waals surface area contributed by atoms with E-state index in [4.69, 9.17) is 10.5 Å². The molecule has 0 heterocycles. The highest BCUT2D eigenvalue weighted by atomic mass is 16.5. The van der Waals surface area contributed by atoms with Crippen LogP contribution in [0.3, 0.4) is 0 Å². The lowest BCUT2D eigenvalue weighted by Crippen LogP contribution is -2.25. The van der Waals surface area contributed by atoms with Gasteiger partial charge >= 0.3 is 6.03 Å². The average molecular weight is 221 g/mol. The van der Waals surface area contributed by atoms with Crippen molar-refractivity contribution in [1.29, 1.82) is 0 Å². The smallest absolute Gasteiger partial charge is 0.332 e. The van der Waals surface area contributed by atoms with Gasteiger partial charge in [0.2, 0.25) is 0 Å². The summed E-state index contributed by atoms with van der Waals surface area (Å²) in [6.07, 6.45) is 0.701. The van der Waals surface area contributed by atoms with Gasteiger partial charge in [0.15, 0.2) is 0 Å². The van der Waals surface area contributed by atoms with Crippen molar-refractivity contribution in [3.05, 3.63) is 29.8 Å². The van der Waals surface area contributed by atoms with Crippen LogP contribution >= 0.6 is 0 Å². The van der Waals surface area contributed by atoms with Gasteiger partial charge in [0, 0.05) is 0 Å². The van der Waals surface area contributed by atoms with Crippen LogP contribution in [0.25, 0.3) is 0 Å². The van der Waals surface area contributed by atoms with Crippen LogP contribution in [0.5, 0.6) is 5.75 Å². The van der Waals surface area contributed by atoms with Crippen molar-refractivity contribution in [2.45, 2.75) is 13.3 Å². The zero-order valence-electron chi connectivity index (χ0n) is 9.36. The van der Waals surface area contributed by atoms with Gasteiger partial charge in [0.1, 0.15) is 5.75 Å². The quantitative estimate of drug-likeness (QED) is 0.596. The van der Waals surface area contributed by atoms with Crippen LogP contribution in [0.1, 0.15) is 18.9 Å². The van der Waals surface area contributed by atoms with Gasteiger partial charge in [-0.05, 0) is 36.2 Å². The Bertz CT molecular complexity index is 385. The van der Waals surface area contributed by atoms with Crippen LogP contribution in [-0.4, -0.2) is 18.9 Å². The number of hydrogen-bond acceptors (Lipinski definition) is 3. The molecular formula is C11H15N3O2. The lowest BCUT2D eigenvalue weighted by molar-refractivity contribution is 0.249. The summed E-state index contributed by atoms with van der Waals surface area (Å²) >= 11 is 0. The van der Waals surface area contributed by atoms with Gasteiger partial charge in [-0.1, -0.05) is 6.92 Å². The molecule has 86 valence electrons. The van der Waals surface area contributed by atoms with Gasteiger partial charge in [0.25, 0.3) is 0 Å². The SMILES string of the molecule is CCC(=NNC(N)=O)c1ccc(OC)cc1. The molecule has 1 aromatic carbocycles. The molecule has 16 heavy (non-hydrogen) atoms. The highest BCUT2D eigenvalue weighted by molar-refractivity contribution is 6.00. The van der Waals surface area contributed by atoms with E-state index in [9.17, 15) is 4.79 Å². The Morgan fingerprint density at radius 3 is 2.50 bits per heavy atom. The van der Waals surface area contributed by atoms with E-state index in [2.05, 4.69) is 10.5 Å². The van der Waals surface area contributed by atoms with E-state index in [-0.39, 0.29) is 0 Å². The second kappa shape index (κ2) is 5.75. The molecule has 0 fully saturated rings.